The van der Waals surface area contributed by atoms with Gasteiger partial charge >= 0.3 is 0 Å². The first-order valence-corrected chi connectivity index (χ1v) is 7.05. The average molecular weight is 264 g/mol. The van der Waals surface area contributed by atoms with Crippen molar-refractivity contribution in [1.82, 2.24) is 9.97 Å². The Labute approximate surface area is 109 Å². The van der Waals surface area contributed by atoms with Crippen molar-refractivity contribution < 1.29 is 4.74 Å². The van der Waals surface area contributed by atoms with Gasteiger partial charge in [-0.3, -0.25) is 0 Å². The molecule has 3 nitrogen and oxygen atoms in total. The number of aromatic nitrogens is 2. The monoisotopic (exact) mass is 264 g/mol. The molecule has 0 radical (unpaired) electrons. The van der Waals surface area contributed by atoms with Crippen LogP contribution in [0.15, 0.2) is 51.6 Å². The molecule has 0 aliphatic heterocycles. The minimum Gasteiger partial charge on any atom is -0.492 e. The molecule has 0 amide bonds. The second-order valence-electron chi connectivity index (χ2n) is 3.15. The Kier molecular flexibility index (Phi) is 4.28. The first-order valence-electron chi connectivity index (χ1n) is 5.01. The van der Waals surface area contributed by atoms with Crippen molar-refractivity contribution in [2.45, 2.75) is 15.1 Å². The van der Waals surface area contributed by atoms with E-state index in [0.717, 1.165) is 15.1 Å². The van der Waals surface area contributed by atoms with Crippen molar-refractivity contribution in [3.8, 4) is 5.75 Å². The maximum atomic E-state index is 5.26. The Bertz CT molecular complexity index is 491. The quantitative estimate of drug-likeness (QED) is 0.480. The summed E-state index contributed by atoms with van der Waals surface area (Å²) < 4.78 is 5.26. The van der Waals surface area contributed by atoms with Gasteiger partial charge in [0.15, 0.2) is 10.9 Å². The third kappa shape index (κ3) is 3.14. The SMILES string of the molecule is COc1cnc(SC)nc1Sc1ccccc1. The maximum absolute atomic E-state index is 5.26. The highest BCUT2D eigenvalue weighted by atomic mass is 32.2. The first-order chi connectivity index (χ1) is 8.33. The van der Waals surface area contributed by atoms with Crippen molar-refractivity contribution >= 4 is 23.5 Å². The zero-order valence-electron chi connectivity index (χ0n) is 9.58. The molecule has 0 bridgehead atoms. The van der Waals surface area contributed by atoms with E-state index < -0.39 is 0 Å². The number of ether oxygens (including phenoxy) is 1. The van der Waals surface area contributed by atoms with Crippen LogP contribution in [0.25, 0.3) is 0 Å². The number of hydrogen-bond acceptors (Lipinski definition) is 5. The number of hydrogen-bond donors (Lipinski definition) is 0. The smallest absolute Gasteiger partial charge is 0.188 e. The normalized spacial score (nSPS) is 10.2. The zero-order valence-corrected chi connectivity index (χ0v) is 11.2. The van der Waals surface area contributed by atoms with Gasteiger partial charge in [-0.2, -0.15) is 0 Å². The van der Waals surface area contributed by atoms with Gasteiger partial charge in [0, 0.05) is 4.90 Å². The van der Waals surface area contributed by atoms with E-state index in [1.54, 1.807) is 25.1 Å². The highest BCUT2D eigenvalue weighted by Crippen LogP contribution is 2.33. The predicted octanol–water partition coefficient (Wildman–Crippen LogP) is 3.36. The third-order valence-electron chi connectivity index (χ3n) is 2.06. The van der Waals surface area contributed by atoms with E-state index in [2.05, 4.69) is 9.97 Å². The van der Waals surface area contributed by atoms with Crippen LogP contribution >= 0.6 is 23.5 Å². The van der Waals surface area contributed by atoms with Crippen molar-refractivity contribution in [3.63, 3.8) is 0 Å². The molecular formula is C12H12N2OS2. The highest BCUT2D eigenvalue weighted by molar-refractivity contribution is 7.99. The van der Waals surface area contributed by atoms with Gasteiger partial charge < -0.3 is 4.74 Å². The van der Waals surface area contributed by atoms with E-state index >= 15 is 0 Å². The molecule has 2 rings (SSSR count). The highest BCUT2D eigenvalue weighted by Gasteiger charge is 2.08. The zero-order chi connectivity index (χ0) is 12.1. The minimum atomic E-state index is 0.705. The van der Waals surface area contributed by atoms with Crippen LogP contribution in [0.1, 0.15) is 0 Å². The molecule has 1 heterocycles. The van der Waals surface area contributed by atoms with E-state index in [-0.39, 0.29) is 0 Å². The second kappa shape index (κ2) is 5.93. The summed E-state index contributed by atoms with van der Waals surface area (Å²) >= 11 is 3.10. The van der Waals surface area contributed by atoms with Crippen LogP contribution in [0, 0.1) is 0 Å². The summed E-state index contributed by atoms with van der Waals surface area (Å²) in [6.45, 7) is 0. The number of thioether (sulfide) groups is 1. The number of benzene rings is 1. The van der Waals surface area contributed by atoms with Crippen LogP contribution in [0.5, 0.6) is 5.75 Å². The lowest BCUT2D eigenvalue weighted by Crippen LogP contribution is -1.93. The van der Waals surface area contributed by atoms with Gasteiger partial charge in [-0.15, -0.1) is 0 Å². The fraction of sp³-hybridized carbons (Fsp3) is 0.167. The van der Waals surface area contributed by atoms with Crippen LogP contribution in [0.3, 0.4) is 0 Å². The Morgan fingerprint density at radius 1 is 1.18 bits per heavy atom. The van der Waals surface area contributed by atoms with E-state index in [4.69, 9.17) is 4.74 Å². The van der Waals surface area contributed by atoms with Gasteiger partial charge in [-0.1, -0.05) is 41.7 Å². The summed E-state index contributed by atoms with van der Waals surface area (Å²) in [6.07, 6.45) is 3.67. The van der Waals surface area contributed by atoms with Crippen LogP contribution in [0.4, 0.5) is 0 Å². The van der Waals surface area contributed by atoms with Crippen LogP contribution in [-0.4, -0.2) is 23.3 Å². The van der Waals surface area contributed by atoms with Crippen LogP contribution in [-0.2, 0) is 0 Å². The lowest BCUT2D eigenvalue weighted by Gasteiger charge is -2.07. The average Bonchev–Trinajstić information content (AvgIpc) is 2.40. The molecule has 0 N–H and O–H groups in total. The Balaban J connectivity index is 2.30. The summed E-state index contributed by atoms with van der Waals surface area (Å²) in [7, 11) is 1.63. The van der Waals surface area contributed by atoms with Crippen molar-refractivity contribution in [3.05, 3.63) is 36.5 Å². The number of methoxy groups -OCH3 is 1. The van der Waals surface area contributed by atoms with E-state index in [0.29, 0.717) is 5.75 Å². The molecule has 0 atom stereocenters. The van der Waals surface area contributed by atoms with Gasteiger partial charge in [0.1, 0.15) is 5.03 Å². The van der Waals surface area contributed by atoms with Gasteiger partial charge in [0.2, 0.25) is 0 Å². The molecule has 88 valence electrons. The molecule has 0 aliphatic rings. The van der Waals surface area contributed by atoms with Crippen molar-refractivity contribution in [1.29, 1.82) is 0 Å². The topological polar surface area (TPSA) is 35.0 Å². The summed E-state index contributed by atoms with van der Waals surface area (Å²) in [5.41, 5.74) is 0. The Hall–Kier alpha value is -1.20. The lowest BCUT2D eigenvalue weighted by atomic mass is 10.4. The largest absolute Gasteiger partial charge is 0.492 e. The van der Waals surface area contributed by atoms with Gasteiger partial charge in [-0.25, -0.2) is 9.97 Å². The van der Waals surface area contributed by atoms with Crippen LogP contribution in [0.2, 0.25) is 0 Å². The second-order valence-corrected chi connectivity index (χ2v) is 4.98. The molecule has 0 aliphatic carbocycles. The van der Waals surface area contributed by atoms with E-state index in [9.17, 15) is 0 Å². The Morgan fingerprint density at radius 3 is 2.59 bits per heavy atom. The molecule has 1 aromatic heterocycles. The standard InChI is InChI=1S/C12H12N2OS2/c1-15-10-8-13-12(16-2)14-11(10)17-9-6-4-3-5-7-9/h3-8H,1-2H3. The predicted molar refractivity (Wildman–Crippen MR) is 70.9 cm³/mol. The van der Waals surface area contributed by atoms with Gasteiger partial charge in [-0.05, 0) is 18.4 Å². The molecule has 0 fully saturated rings. The Morgan fingerprint density at radius 2 is 1.94 bits per heavy atom. The van der Waals surface area contributed by atoms with Crippen molar-refractivity contribution in [2.75, 3.05) is 13.4 Å². The summed E-state index contributed by atoms with van der Waals surface area (Å²) in [4.78, 5) is 9.77. The fourth-order valence-corrected chi connectivity index (χ4v) is 2.54. The third-order valence-corrected chi connectivity index (χ3v) is 3.62. The minimum absolute atomic E-state index is 0.705. The molecule has 17 heavy (non-hydrogen) atoms. The summed E-state index contributed by atoms with van der Waals surface area (Å²) in [5, 5.41) is 1.60. The molecular weight excluding hydrogens is 252 g/mol. The summed E-state index contributed by atoms with van der Waals surface area (Å²) in [5.74, 6) is 0.705. The molecule has 2 aromatic rings. The number of rotatable bonds is 4. The molecule has 0 saturated heterocycles. The fourth-order valence-electron chi connectivity index (χ4n) is 1.25. The van der Waals surface area contributed by atoms with Gasteiger partial charge in [0.25, 0.3) is 0 Å². The number of nitrogens with zero attached hydrogens (tertiary/aromatic N) is 2. The van der Waals surface area contributed by atoms with E-state index in [1.165, 1.54) is 11.8 Å². The molecule has 0 spiro atoms. The molecule has 5 heteroatoms. The molecule has 0 unspecified atom stereocenters. The van der Waals surface area contributed by atoms with Crippen molar-refractivity contribution in [2.24, 2.45) is 0 Å². The molecule has 1 aromatic carbocycles. The first kappa shape index (κ1) is 12.3. The summed E-state index contributed by atoms with van der Waals surface area (Å²) in [6, 6.07) is 10.1. The maximum Gasteiger partial charge on any atom is 0.188 e. The van der Waals surface area contributed by atoms with Crippen LogP contribution < -0.4 is 4.74 Å². The van der Waals surface area contributed by atoms with E-state index in [1.807, 2.05) is 36.6 Å². The lowest BCUT2D eigenvalue weighted by molar-refractivity contribution is 0.395. The van der Waals surface area contributed by atoms with Gasteiger partial charge in [0.05, 0.1) is 13.3 Å². The molecule has 0 saturated carbocycles.